The molecule has 0 aromatic heterocycles. The standard InChI is InChI=1S/C11H18N2O4/c1-2-3-12(9-11(15)16)8-10(14)13-4-6-17-7-5-13/h2H,1,3-9H2,(H,15,16). The normalized spacial score (nSPS) is 15.9. The molecule has 1 amide bonds. The third kappa shape index (κ3) is 4.97. The lowest BCUT2D eigenvalue weighted by Gasteiger charge is -2.29. The second-order valence-corrected chi connectivity index (χ2v) is 3.85. The van der Waals surface area contributed by atoms with Crippen molar-refractivity contribution in [2.75, 3.05) is 45.9 Å². The van der Waals surface area contributed by atoms with Gasteiger partial charge in [0.05, 0.1) is 26.3 Å². The number of nitrogens with zero attached hydrogens (tertiary/aromatic N) is 2. The average molecular weight is 242 g/mol. The molecule has 1 aliphatic rings. The van der Waals surface area contributed by atoms with Crippen LogP contribution in [0.25, 0.3) is 0 Å². The monoisotopic (exact) mass is 242 g/mol. The summed E-state index contributed by atoms with van der Waals surface area (Å²) in [4.78, 5) is 25.7. The van der Waals surface area contributed by atoms with Gasteiger partial charge >= 0.3 is 5.97 Å². The number of carbonyl (C=O) groups is 2. The maximum atomic E-state index is 11.9. The molecule has 1 fully saturated rings. The number of rotatable bonds is 6. The van der Waals surface area contributed by atoms with Crippen LogP contribution in [0.5, 0.6) is 0 Å². The molecular formula is C11H18N2O4. The highest BCUT2D eigenvalue weighted by Gasteiger charge is 2.20. The lowest BCUT2D eigenvalue weighted by Crippen LogP contribution is -2.46. The summed E-state index contributed by atoms with van der Waals surface area (Å²) in [6.45, 7) is 6.15. The van der Waals surface area contributed by atoms with Gasteiger partial charge in [0.15, 0.2) is 0 Å². The summed E-state index contributed by atoms with van der Waals surface area (Å²) in [5.74, 6) is -1.00. The molecule has 0 radical (unpaired) electrons. The first kappa shape index (κ1) is 13.7. The maximum Gasteiger partial charge on any atom is 0.317 e. The van der Waals surface area contributed by atoms with Crippen LogP contribution in [-0.2, 0) is 14.3 Å². The first-order valence-corrected chi connectivity index (χ1v) is 5.54. The predicted octanol–water partition coefficient (Wildman–Crippen LogP) is -0.582. The summed E-state index contributed by atoms with van der Waals surface area (Å²) >= 11 is 0. The zero-order chi connectivity index (χ0) is 12.7. The van der Waals surface area contributed by atoms with Gasteiger partial charge in [0.2, 0.25) is 5.91 Å². The molecule has 17 heavy (non-hydrogen) atoms. The van der Waals surface area contributed by atoms with E-state index < -0.39 is 5.97 Å². The van der Waals surface area contributed by atoms with Crippen molar-refractivity contribution in [1.82, 2.24) is 9.80 Å². The Kier molecular flexibility index (Phi) is 5.65. The van der Waals surface area contributed by atoms with E-state index in [0.29, 0.717) is 32.8 Å². The Hall–Kier alpha value is -1.40. The van der Waals surface area contributed by atoms with Crippen LogP contribution < -0.4 is 0 Å². The molecule has 0 saturated carbocycles. The van der Waals surface area contributed by atoms with Gasteiger partial charge in [-0.15, -0.1) is 6.58 Å². The Morgan fingerprint density at radius 3 is 2.53 bits per heavy atom. The minimum Gasteiger partial charge on any atom is -0.480 e. The van der Waals surface area contributed by atoms with Gasteiger partial charge in [0.1, 0.15) is 0 Å². The summed E-state index contributed by atoms with van der Waals surface area (Å²) in [6, 6.07) is 0. The first-order valence-electron chi connectivity index (χ1n) is 5.54. The highest BCUT2D eigenvalue weighted by atomic mass is 16.5. The van der Waals surface area contributed by atoms with Gasteiger partial charge in [-0.3, -0.25) is 14.5 Å². The molecule has 1 heterocycles. The molecule has 6 nitrogen and oxygen atoms in total. The zero-order valence-corrected chi connectivity index (χ0v) is 9.80. The van der Waals surface area contributed by atoms with Gasteiger partial charge in [-0.25, -0.2) is 0 Å². The molecule has 0 aliphatic carbocycles. The third-order valence-corrected chi connectivity index (χ3v) is 2.47. The molecule has 0 unspecified atom stereocenters. The van der Waals surface area contributed by atoms with Gasteiger partial charge in [-0.05, 0) is 0 Å². The Bertz CT molecular complexity index is 287. The molecule has 6 heteroatoms. The number of morpholine rings is 1. The third-order valence-electron chi connectivity index (χ3n) is 2.47. The molecule has 1 rings (SSSR count). The number of amides is 1. The number of carboxylic acids is 1. The second-order valence-electron chi connectivity index (χ2n) is 3.85. The van der Waals surface area contributed by atoms with Crippen molar-refractivity contribution in [3.8, 4) is 0 Å². The molecule has 1 N–H and O–H groups in total. The van der Waals surface area contributed by atoms with Crippen molar-refractivity contribution in [1.29, 1.82) is 0 Å². The van der Waals surface area contributed by atoms with Crippen LogP contribution in [0.3, 0.4) is 0 Å². The fourth-order valence-electron chi connectivity index (χ4n) is 1.66. The van der Waals surface area contributed by atoms with Crippen molar-refractivity contribution in [3.05, 3.63) is 12.7 Å². The quantitative estimate of drug-likeness (QED) is 0.631. The Morgan fingerprint density at radius 1 is 1.35 bits per heavy atom. The summed E-state index contributed by atoms with van der Waals surface area (Å²) < 4.78 is 5.15. The van der Waals surface area contributed by atoms with Crippen molar-refractivity contribution in [2.45, 2.75) is 0 Å². The molecule has 0 aromatic carbocycles. The molecule has 96 valence electrons. The summed E-state index contributed by atoms with van der Waals surface area (Å²) in [6.07, 6.45) is 1.59. The lowest BCUT2D eigenvalue weighted by atomic mass is 10.3. The van der Waals surface area contributed by atoms with Gasteiger partial charge in [-0.1, -0.05) is 6.08 Å². The minimum atomic E-state index is -0.943. The van der Waals surface area contributed by atoms with Crippen LogP contribution in [0.1, 0.15) is 0 Å². The van der Waals surface area contributed by atoms with Crippen molar-refractivity contribution < 1.29 is 19.4 Å². The number of ether oxygens (including phenoxy) is 1. The summed E-state index contributed by atoms with van der Waals surface area (Å²) in [7, 11) is 0. The SMILES string of the molecule is C=CCN(CC(=O)O)CC(=O)N1CCOCC1. The van der Waals surface area contributed by atoms with Crippen LogP contribution >= 0.6 is 0 Å². The topological polar surface area (TPSA) is 70.1 Å². The van der Waals surface area contributed by atoms with E-state index in [9.17, 15) is 9.59 Å². The predicted molar refractivity (Wildman–Crippen MR) is 61.7 cm³/mol. The molecule has 0 aromatic rings. The number of hydrogen-bond donors (Lipinski definition) is 1. The summed E-state index contributed by atoms with van der Waals surface area (Å²) in [5, 5.41) is 8.71. The highest BCUT2D eigenvalue weighted by molar-refractivity contribution is 5.79. The van der Waals surface area contributed by atoms with Crippen LogP contribution in [0, 0.1) is 0 Å². The Labute approximate surface area is 100 Å². The van der Waals surface area contributed by atoms with E-state index in [0.717, 1.165) is 0 Å². The van der Waals surface area contributed by atoms with Crippen molar-refractivity contribution in [2.24, 2.45) is 0 Å². The minimum absolute atomic E-state index is 0.0589. The molecule has 1 saturated heterocycles. The lowest BCUT2D eigenvalue weighted by molar-refractivity contribution is -0.140. The Morgan fingerprint density at radius 2 is 2.00 bits per heavy atom. The molecule has 0 atom stereocenters. The Balaban J connectivity index is 2.44. The van der Waals surface area contributed by atoms with E-state index in [1.807, 2.05) is 0 Å². The fraction of sp³-hybridized carbons (Fsp3) is 0.636. The van der Waals surface area contributed by atoms with E-state index in [2.05, 4.69) is 6.58 Å². The molecule has 0 spiro atoms. The second kappa shape index (κ2) is 7.03. The molecule has 0 bridgehead atoms. The van der Waals surface area contributed by atoms with E-state index in [1.54, 1.807) is 15.9 Å². The van der Waals surface area contributed by atoms with E-state index in [4.69, 9.17) is 9.84 Å². The smallest absolute Gasteiger partial charge is 0.317 e. The molecule has 1 aliphatic heterocycles. The van der Waals surface area contributed by atoms with Crippen molar-refractivity contribution in [3.63, 3.8) is 0 Å². The van der Waals surface area contributed by atoms with Gasteiger partial charge < -0.3 is 14.7 Å². The van der Waals surface area contributed by atoms with Crippen LogP contribution in [0.4, 0.5) is 0 Å². The largest absolute Gasteiger partial charge is 0.480 e. The number of carboxylic acid groups (broad SMARTS) is 1. The zero-order valence-electron chi connectivity index (χ0n) is 9.80. The van der Waals surface area contributed by atoms with Crippen LogP contribution in [0.2, 0.25) is 0 Å². The summed E-state index contributed by atoms with van der Waals surface area (Å²) in [5.41, 5.74) is 0. The highest BCUT2D eigenvalue weighted by Crippen LogP contribution is 1.99. The van der Waals surface area contributed by atoms with Gasteiger partial charge in [0.25, 0.3) is 0 Å². The first-order chi connectivity index (χ1) is 8.13. The van der Waals surface area contributed by atoms with Crippen molar-refractivity contribution >= 4 is 11.9 Å². The maximum absolute atomic E-state index is 11.9. The number of aliphatic carboxylic acids is 1. The van der Waals surface area contributed by atoms with Crippen LogP contribution in [0.15, 0.2) is 12.7 Å². The number of hydrogen-bond acceptors (Lipinski definition) is 4. The van der Waals surface area contributed by atoms with E-state index >= 15 is 0 Å². The van der Waals surface area contributed by atoms with Gasteiger partial charge in [-0.2, -0.15) is 0 Å². The number of carbonyl (C=O) groups excluding carboxylic acids is 1. The van der Waals surface area contributed by atoms with E-state index in [1.165, 1.54) is 0 Å². The molecular weight excluding hydrogens is 224 g/mol. The van der Waals surface area contributed by atoms with Gasteiger partial charge in [0, 0.05) is 19.6 Å². The average Bonchev–Trinajstić information content (AvgIpc) is 2.29. The fourth-order valence-corrected chi connectivity index (χ4v) is 1.66. The van der Waals surface area contributed by atoms with Crippen LogP contribution in [-0.4, -0.2) is 72.7 Å². The van der Waals surface area contributed by atoms with E-state index in [-0.39, 0.29) is 19.0 Å².